The Labute approximate surface area is 156 Å². The smallest absolute Gasteiger partial charge is 0.191 e. The number of benzene rings is 1. The summed E-state index contributed by atoms with van der Waals surface area (Å²) in [5.41, 5.74) is 2.27. The van der Waals surface area contributed by atoms with Gasteiger partial charge in [-0.25, -0.2) is 4.98 Å². The highest BCUT2D eigenvalue weighted by molar-refractivity contribution is 5.79. The first-order chi connectivity index (χ1) is 12.8. The molecule has 0 radical (unpaired) electrons. The van der Waals surface area contributed by atoms with Crippen molar-refractivity contribution in [1.82, 2.24) is 20.2 Å². The summed E-state index contributed by atoms with van der Waals surface area (Å²) in [5, 5.41) is 6.74. The molecule has 2 heterocycles. The quantitative estimate of drug-likeness (QED) is 0.433. The molecule has 2 N–H and O–H groups in total. The van der Waals surface area contributed by atoms with Crippen LogP contribution in [0.2, 0.25) is 0 Å². The van der Waals surface area contributed by atoms with Gasteiger partial charge in [-0.05, 0) is 51.7 Å². The number of aromatic nitrogens is 2. The number of rotatable bonds is 8. The molecule has 3 rings (SSSR count). The topological polar surface area (TPSA) is 63.5 Å². The van der Waals surface area contributed by atoms with E-state index in [1.807, 2.05) is 6.07 Å². The van der Waals surface area contributed by atoms with Crippen LogP contribution in [0.5, 0.6) is 0 Å². The molecule has 1 aliphatic heterocycles. The summed E-state index contributed by atoms with van der Waals surface area (Å²) in [6.45, 7) is 8.59. The number of nitrogens with one attached hydrogen (secondary N) is 2. The lowest BCUT2D eigenvalue weighted by Gasteiger charge is -2.14. The van der Waals surface area contributed by atoms with E-state index in [4.69, 9.17) is 9.73 Å². The first kappa shape index (κ1) is 18.7. The van der Waals surface area contributed by atoms with Gasteiger partial charge in [0.2, 0.25) is 0 Å². The SMILES string of the molecule is CCNC(=NCCCn1c(C)nc2ccccc21)NCCC1CCCO1. The molecule has 1 aromatic carbocycles. The van der Waals surface area contributed by atoms with Crippen molar-refractivity contribution in [2.75, 3.05) is 26.2 Å². The van der Waals surface area contributed by atoms with Crippen molar-refractivity contribution in [2.24, 2.45) is 4.99 Å². The minimum absolute atomic E-state index is 0.419. The number of hydrogen-bond donors (Lipinski definition) is 2. The molecular formula is C20H31N5O. The van der Waals surface area contributed by atoms with Gasteiger partial charge in [-0.2, -0.15) is 0 Å². The van der Waals surface area contributed by atoms with E-state index in [0.717, 1.165) is 62.9 Å². The predicted octanol–water partition coefficient (Wildman–Crippen LogP) is 2.86. The van der Waals surface area contributed by atoms with Crippen molar-refractivity contribution in [3.63, 3.8) is 0 Å². The number of hydrogen-bond acceptors (Lipinski definition) is 3. The van der Waals surface area contributed by atoms with Gasteiger partial charge in [0.05, 0.1) is 17.1 Å². The highest BCUT2D eigenvalue weighted by Crippen LogP contribution is 2.16. The molecule has 0 saturated carbocycles. The normalized spacial score (nSPS) is 17.8. The fourth-order valence-electron chi connectivity index (χ4n) is 3.46. The summed E-state index contributed by atoms with van der Waals surface area (Å²) >= 11 is 0. The average Bonchev–Trinajstić information content (AvgIpc) is 3.26. The zero-order valence-electron chi connectivity index (χ0n) is 16.0. The summed E-state index contributed by atoms with van der Waals surface area (Å²) in [7, 11) is 0. The Morgan fingerprint density at radius 1 is 1.35 bits per heavy atom. The summed E-state index contributed by atoms with van der Waals surface area (Å²) in [4.78, 5) is 9.33. The van der Waals surface area contributed by atoms with Crippen molar-refractivity contribution < 1.29 is 4.74 Å². The van der Waals surface area contributed by atoms with Crippen LogP contribution in [0.1, 0.15) is 38.4 Å². The Bertz CT molecular complexity index is 718. The fourth-order valence-corrected chi connectivity index (χ4v) is 3.46. The Balaban J connectivity index is 1.47. The van der Waals surface area contributed by atoms with Gasteiger partial charge < -0.3 is 19.9 Å². The van der Waals surface area contributed by atoms with Gasteiger partial charge in [-0.1, -0.05) is 12.1 Å². The highest BCUT2D eigenvalue weighted by Gasteiger charge is 2.14. The number of aliphatic imine (C=N–C) groups is 1. The first-order valence-electron chi connectivity index (χ1n) is 9.83. The molecule has 1 atom stereocenters. The third kappa shape index (κ3) is 4.97. The molecule has 1 unspecified atom stereocenters. The second-order valence-electron chi connectivity index (χ2n) is 6.76. The second kappa shape index (κ2) is 9.57. The monoisotopic (exact) mass is 357 g/mol. The zero-order chi connectivity index (χ0) is 18.2. The van der Waals surface area contributed by atoms with Gasteiger partial charge in [-0.15, -0.1) is 0 Å². The van der Waals surface area contributed by atoms with Gasteiger partial charge in [0.1, 0.15) is 5.82 Å². The van der Waals surface area contributed by atoms with Crippen molar-refractivity contribution >= 4 is 17.0 Å². The number of imidazole rings is 1. The Hall–Kier alpha value is -2.08. The number of guanidine groups is 1. The van der Waals surface area contributed by atoms with Crippen LogP contribution in [0, 0.1) is 6.92 Å². The molecule has 1 fully saturated rings. The average molecular weight is 358 g/mol. The molecule has 1 saturated heterocycles. The minimum atomic E-state index is 0.419. The van der Waals surface area contributed by atoms with Gasteiger partial charge in [-0.3, -0.25) is 4.99 Å². The number of fused-ring (bicyclic) bond motifs is 1. The van der Waals surface area contributed by atoms with Crippen LogP contribution < -0.4 is 10.6 Å². The standard InChI is InChI=1S/C20H31N5O/c1-3-21-20(23-13-11-17-8-6-15-26-17)22-12-7-14-25-16(2)24-18-9-4-5-10-19(18)25/h4-5,9-10,17H,3,6-8,11-15H2,1-2H3,(H2,21,22,23). The molecule has 6 heteroatoms. The van der Waals surface area contributed by atoms with Crippen molar-refractivity contribution in [2.45, 2.75) is 52.2 Å². The Morgan fingerprint density at radius 3 is 3.04 bits per heavy atom. The first-order valence-corrected chi connectivity index (χ1v) is 9.83. The molecule has 26 heavy (non-hydrogen) atoms. The molecule has 0 bridgehead atoms. The van der Waals surface area contributed by atoms with E-state index in [1.54, 1.807) is 0 Å². The summed E-state index contributed by atoms with van der Waals surface area (Å²) in [5.74, 6) is 1.97. The number of para-hydroxylation sites is 2. The highest BCUT2D eigenvalue weighted by atomic mass is 16.5. The second-order valence-corrected chi connectivity index (χ2v) is 6.76. The third-order valence-electron chi connectivity index (χ3n) is 4.78. The van der Waals surface area contributed by atoms with Crippen LogP contribution in [-0.4, -0.2) is 47.9 Å². The Kier molecular flexibility index (Phi) is 6.89. The van der Waals surface area contributed by atoms with Crippen molar-refractivity contribution in [1.29, 1.82) is 0 Å². The molecular weight excluding hydrogens is 326 g/mol. The number of nitrogens with zero attached hydrogens (tertiary/aromatic N) is 3. The van der Waals surface area contributed by atoms with Crippen LogP contribution >= 0.6 is 0 Å². The van der Waals surface area contributed by atoms with Crippen molar-refractivity contribution in [3.05, 3.63) is 30.1 Å². The lowest BCUT2D eigenvalue weighted by atomic mass is 10.2. The minimum Gasteiger partial charge on any atom is -0.378 e. The maximum absolute atomic E-state index is 5.67. The zero-order valence-corrected chi connectivity index (χ0v) is 16.0. The van der Waals surface area contributed by atoms with Crippen LogP contribution in [0.3, 0.4) is 0 Å². The molecule has 6 nitrogen and oxygen atoms in total. The molecule has 0 spiro atoms. The van der Waals surface area contributed by atoms with E-state index < -0.39 is 0 Å². The molecule has 0 aliphatic carbocycles. The lowest BCUT2D eigenvalue weighted by Crippen LogP contribution is -2.38. The molecule has 1 aromatic heterocycles. The summed E-state index contributed by atoms with van der Waals surface area (Å²) in [6, 6.07) is 8.31. The van der Waals surface area contributed by atoms with Crippen molar-refractivity contribution in [3.8, 4) is 0 Å². The maximum Gasteiger partial charge on any atom is 0.191 e. The third-order valence-corrected chi connectivity index (χ3v) is 4.78. The number of ether oxygens (including phenoxy) is 1. The van der Waals surface area contributed by atoms with E-state index in [2.05, 4.69) is 52.2 Å². The van der Waals surface area contributed by atoms with Crippen LogP contribution in [0.25, 0.3) is 11.0 Å². The van der Waals surface area contributed by atoms with Gasteiger partial charge >= 0.3 is 0 Å². The molecule has 2 aromatic rings. The Morgan fingerprint density at radius 2 is 2.23 bits per heavy atom. The largest absolute Gasteiger partial charge is 0.378 e. The summed E-state index contributed by atoms with van der Waals surface area (Å²) in [6.07, 6.45) is 4.84. The van der Waals surface area contributed by atoms with Gasteiger partial charge in [0.15, 0.2) is 5.96 Å². The maximum atomic E-state index is 5.67. The lowest BCUT2D eigenvalue weighted by molar-refractivity contribution is 0.105. The van der Waals surface area contributed by atoms with E-state index in [-0.39, 0.29) is 0 Å². The summed E-state index contributed by atoms with van der Waals surface area (Å²) < 4.78 is 7.95. The molecule has 142 valence electrons. The molecule has 0 amide bonds. The van der Waals surface area contributed by atoms with E-state index >= 15 is 0 Å². The number of aryl methyl sites for hydroxylation is 2. The fraction of sp³-hybridized carbons (Fsp3) is 0.600. The van der Waals surface area contributed by atoms with Gasteiger partial charge in [0, 0.05) is 32.8 Å². The van der Waals surface area contributed by atoms with E-state index in [9.17, 15) is 0 Å². The van der Waals surface area contributed by atoms with Crippen LogP contribution in [0.4, 0.5) is 0 Å². The van der Waals surface area contributed by atoms with E-state index in [1.165, 1.54) is 18.4 Å². The molecule has 1 aliphatic rings. The van der Waals surface area contributed by atoms with Crippen LogP contribution in [0.15, 0.2) is 29.3 Å². The predicted molar refractivity (Wildman–Crippen MR) is 107 cm³/mol. The van der Waals surface area contributed by atoms with Crippen LogP contribution in [-0.2, 0) is 11.3 Å². The van der Waals surface area contributed by atoms with E-state index in [0.29, 0.717) is 6.10 Å². The van der Waals surface area contributed by atoms with Gasteiger partial charge in [0.25, 0.3) is 0 Å².